The number of nitrogen functional groups attached to an aromatic ring is 1. The van der Waals surface area contributed by atoms with Gasteiger partial charge in [-0.2, -0.15) is 20.1 Å². The second-order valence-electron chi connectivity index (χ2n) is 3.68. The smallest absolute Gasteiger partial charge is 0.241 e. The predicted molar refractivity (Wildman–Crippen MR) is 66.0 cm³/mol. The van der Waals surface area contributed by atoms with Gasteiger partial charge in [-0.05, 0) is 0 Å². The Bertz CT molecular complexity index is 661. The van der Waals surface area contributed by atoms with E-state index in [1.165, 1.54) is 6.33 Å². The predicted octanol–water partition coefficient (Wildman–Crippen LogP) is -0.324. The van der Waals surface area contributed by atoms with Crippen LogP contribution in [0.2, 0.25) is 0 Å². The summed E-state index contributed by atoms with van der Waals surface area (Å²) in [7, 11) is 0. The van der Waals surface area contributed by atoms with Crippen LogP contribution in [0.5, 0.6) is 0 Å². The third-order valence-electron chi connectivity index (χ3n) is 2.48. The number of hydrogen-bond donors (Lipinski definition) is 4. The van der Waals surface area contributed by atoms with Crippen LogP contribution in [0.15, 0.2) is 17.0 Å². The van der Waals surface area contributed by atoms with E-state index in [4.69, 9.17) is 10.4 Å². The lowest BCUT2D eigenvalue weighted by atomic mass is 10.3. The third-order valence-corrected chi connectivity index (χ3v) is 2.48. The molecular weight excluding hydrogens is 250 g/mol. The van der Waals surface area contributed by atoms with Gasteiger partial charge in [0, 0.05) is 13.0 Å². The standard InChI is InChI=1S/C9H11N9O/c10-17-9-15-7(5-3-13-18-8(5)16-9)11-2-1-6-12-4-14-19-6/h3-4H,1-2,10H2,(H3,11,13,15,16,17,18). The van der Waals surface area contributed by atoms with Crippen molar-refractivity contribution in [3.63, 3.8) is 0 Å². The molecule has 0 aliphatic rings. The van der Waals surface area contributed by atoms with E-state index < -0.39 is 0 Å². The molecule has 98 valence electrons. The molecule has 0 bridgehead atoms. The van der Waals surface area contributed by atoms with E-state index in [-0.39, 0.29) is 0 Å². The average molecular weight is 261 g/mol. The molecule has 0 saturated carbocycles. The van der Waals surface area contributed by atoms with E-state index >= 15 is 0 Å². The minimum absolute atomic E-state index is 0.303. The number of anilines is 2. The number of H-pyrrole nitrogens is 1. The zero-order valence-electron chi connectivity index (χ0n) is 9.79. The Labute approximate surface area is 106 Å². The number of fused-ring (bicyclic) bond motifs is 1. The van der Waals surface area contributed by atoms with Crippen LogP contribution in [0.1, 0.15) is 5.89 Å². The van der Waals surface area contributed by atoms with Crippen molar-refractivity contribution in [2.75, 3.05) is 17.3 Å². The van der Waals surface area contributed by atoms with Crippen LogP contribution in [0.4, 0.5) is 11.8 Å². The SMILES string of the molecule is NNc1nc(NCCc2ncno2)c2cn[nH]c2n1. The first-order chi connectivity index (χ1) is 9.36. The van der Waals surface area contributed by atoms with Gasteiger partial charge in [0.15, 0.2) is 12.0 Å². The Morgan fingerprint density at radius 3 is 3.11 bits per heavy atom. The molecule has 10 nitrogen and oxygen atoms in total. The van der Waals surface area contributed by atoms with Crippen molar-refractivity contribution in [1.29, 1.82) is 0 Å². The van der Waals surface area contributed by atoms with Crippen molar-refractivity contribution in [1.82, 2.24) is 30.3 Å². The number of rotatable bonds is 5. The highest BCUT2D eigenvalue weighted by atomic mass is 16.5. The molecule has 0 saturated heterocycles. The first-order valence-corrected chi connectivity index (χ1v) is 5.54. The van der Waals surface area contributed by atoms with Gasteiger partial charge in [0.1, 0.15) is 5.82 Å². The van der Waals surface area contributed by atoms with Crippen molar-refractivity contribution < 1.29 is 4.52 Å². The first-order valence-electron chi connectivity index (χ1n) is 5.54. The topological polar surface area (TPSA) is 143 Å². The zero-order chi connectivity index (χ0) is 13.1. The van der Waals surface area contributed by atoms with Crippen LogP contribution in [0, 0.1) is 0 Å². The summed E-state index contributed by atoms with van der Waals surface area (Å²) >= 11 is 0. The molecule has 3 aromatic rings. The summed E-state index contributed by atoms with van der Waals surface area (Å²) in [6.45, 7) is 0.587. The summed E-state index contributed by atoms with van der Waals surface area (Å²) in [4.78, 5) is 12.3. The van der Waals surface area contributed by atoms with Gasteiger partial charge in [-0.1, -0.05) is 5.16 Å². The van der Waals surface area contributed by atoms with Crippen LogP contribution in [-0.2, 0) is 6.42 Å². The molecule has 0 aliphatic heterocycles. The number of nitrogens with zero attached hydrogens (tertiary/aromatic N) is 5. The highest BCUT2D eigenvalue weighted by Crippen LogP contribution is 2.19. The van der Waals surface area contributed by atoms with Gasteiger partial charge < -0.3 is 9.84 Å². The molecule has 5 N–H and O–H groups in total. The Hall–Kier alpha value is -2.75. The van der Waals surface area contributed by atoms with Crippen LogP contribution >= 0.6 is 0 Å². The minimum atomic E-state index is 0.303. The lowest BCUT2D eigenvalue weighted by molar-refractivity contribution is 0.380. The summed E-state index contributed by atoms with van der Waals surface area (Å²) in [6, 6.07) is 0. The van der Waals surface area contributed by atoms with Crippen molar-refractivity contribution in [3.05, 3.63) is 18.4 Å². The van der Waals surface area contributed by atoms with Gasteiger partial charge in [-0.25, -0.2) is 5.84 Å². The minimum Gasteiger partial charge on any atom is -0.369 e. The second-order valence-corrected chi connectivity index (χ2v) is 3.68. The molecule has 10 heteroatoms. The quantitative estimate of drug-likeness (QED) is 0.358. The van der Waals surface area contributed by atoms with Gasteiger partial charge >= 0.3 is 0 Å². The Kier molecular flexibility index (Phi) is 2.90. The van der Waals surface area contributed by atoms with Crippen molar-refractivity contribution in [2.45, 2.75) is 6.42 Å². The molecule has 0 fully saturated rings. The Morgan fingerprint density at radius 2 is 2.32 bits per heavy atom. The summed E-state index contributed by atoms with van der Waals surface area (Å²) < 4.78 is 4.90. The number of aromatic amines is 1. The lowest BCUT2D eigenvalue weighted by Gasteiger charge is -2.06. The second kappa shape index (κ2) is 4.86. The molecule has 0 unspecified atom stereocenters. The Morgan fingerprint density at radius 1 is 1.37 bits per heavy atom. The fourth-order valence-corrected chi connectivity index (χ4v) is 1.63. The van der Waals surface area contributed by atoms with Crippen molar-refractivity contribution >= 4 is 22.8 Å². The molecule has 3 aromatic heterocycles. The van der Waals surface area contributed by atoms with Gasteiger partial charge in [0.05, 0.1) is 11.6 Å². The van der Waals surface area contributed by atoms with Crippen molar-refractivity contribution in [3.8, 4) is 0 Å². The molecule has 3 rings (SSSR count). The molecule has 0 amide bonds. The van der Waals surface area contributed by atoms with Crippen LogP contribution in [0.25, 0.3) is 11.0 Å². The molecule has 3 heterocycles. The monoisotopic (exact) mass is 261 g/mol. The van der Waals surface area contributed by atoms with Crippen molar-refractivity contribution in [2.24, 2.45) is 5.84 Å². The highest BCUT2D eigenvalue weighted by Gasteiger charge is 2.09. The largest absolute Gasteiger partial charge is 0.369 e. The summed E-state index contributed by atoms with van der Waals surface area (Å²) in [5, 5.41) is 14.1. The fourth-order valence-electron chi connectivity index (χ4n) is 1.63. The third kappa shape index (κ3) is 2.28. The normalized spacial score (nSPS) is 10.8. The van der Waals surface area contributed by atoms with E-state index in [1.54, 1.807) is 6.20 Å². The first kappa shape index (κ1) is 11.3. The summed E-state index contributed by atoms with van der Waals surface area (Å²) in [5.74, 6) is 6.81. The number of hydrazine groups is 1. The molecule has 0 aromatic carbocycles. The van der Waals surface area contributed by atoms with E-state index in [0.29, 0.717) is 36.3 Å². The number of nitrogens with two attached hydrogens (primary N) is 1. The van der Waals surface area contributed by atoms with Gasteiger partial charge in [-0.3, -0.25) is 10.5 Å². The number of nitrogens with one attached hydrogen (secondary N) is 3. The number of hydrogen-bond acceptors (Lipinski definition) is 9. The van der Waals surface area contributed by atoms with Gasteiger partial charge in [0.25, 0.3) is 0 Å². The summed E-state index contributed by atoms with van der Waals surface area (Å²) in [6.07, 6.45) is 3.60. The van der Waals surface area contributed by atoms with Crippen LogP contribution < -0.4 is 16.6 Å². The maximum atomic E-state index is 5.31. The van der Waals surface area contributed by atoms with E-state index in [1.807, 2.05) is 0 Å². The molecular formula is C9H11N9O. The maximum Gasteiger partial charge on any atom is 0.241 e. The van der Waals surface area contributed by atoms with E-state index in [2.05, 4.69) is 41.0 Å². The Balaban J connectivity index is 1.77. The lowest BCUT2D eigenvalue weighted by Crippen LogP contribution is -2.13. The molecule has 0 atom stereocenters. The van der Waals surface area contributed by atoms with E-state index in [0.717, 1.165) is 5.39 Å². The van der Waals surface area contributed by atoms with Gasteiger partial charge in [0.2, 0.25) is 11.8 Å². The molecule has 0 spiro atoms. The summed E-state index contributed by atoms with van der Waals surface area (Å²) in [5.41, 5.74) is 3.00. The van der Waals surface area contributed by atoms with E-state index in [9.17, 15) is 0 Å². The molecule has 19 heavy (non-hydrogen) atoms. The fraction of sp³-hybridized carbons (Fsp3) is 0.222. The number of aromatic nitrogens is 6. The van der Waals surface area contributed by atoms with Gasteiger partial charge in [-0.15, -0.1) is 0 Å². The molecule has 0 aliphatic carbocycles. The average Bonchev–Trinajstić information content (AvgIpc) is 3.08. The molecule has 0 radical (unpaired) electrons. The van der Waals surface area contributed by atoms with Crippen LogP contribution in [0.3, 0.4) is 0 Å². The highest BCUT2D eigenvalue weighted by molar-refractivity contribution is 5.86. The maximum absolute atomic E-state index is 5.31. The zero-order valence-corrected chi connectivity index (χ0v) is 9.79. The van der Waals surface area contributed by atoms with Crippen LogP contribution in [-0.4, -0.2) is 36.9 Å².